The first-order valence-electron chi connectivity index (χ1n) is 15.9. The summed E-state index contributed by atoms with van der Waals surface area (Å²) in [5.74, 6) is 2.50. The van der Waals surface area contributed by atoms with Crippen LogP contribution in [0.4, 0.5) is 0 Å². The molecule has 0 saturated heterocycles. The van der Waals surface area contributed by atoms with Crippen molar-refractivity contribution in [3.05, 3.63) is 146 Å². The monoisotopic (exact) mass is 601 g/mol. The summed E-state index contributed by atoms with van der Waals surface area (Å²) in [5.41, 5.74) is 11.6. The summed E-state index contributed by atoms with van der Waals surface area (Å²) in [4.78, 5) is 0. The lowest BCUT2D eigenvalue weighted by atomic mass is 9.50. The third kappa shape index (κ3) is 3.48. The molecular formula is C42H24BNO3. The van der Waals surface area contributed by atoms with Crippen LogP contribution in [0.3, 0.4) is 0 Å². The second-order valence-corrected chi connectivity index (χ2v) is 12.4. The van der Waals surface area contributed by atoms with E-state index in [1.165, 1.54) is 21.8 Å². The highest BCUT2D eigenvalue weighted by atomic mass is 16.5. The molecular weight excluding hydrogens is 577 g/mol. The van der Waals surface area contributed by atoms with Gasteiger partial charge < -0.3 is 18.4 Å². The highest BCUT2D eigenvalue weighted by molar-refractivity contribution is 6.84. The SMILES string of the molecule is c1ccc2c(c1)OB1c3cc(-n4c5ccccc5c5ccccc54)ccc3Oc3cc(-c4ccc5c(c4)oc4ccccc45)cc-2c31. The highest BCUT2D eigenvalue weighted by Gasteiger charge is 2.41. The number of hydrogen-bond acceptors (Lipinski definition) is 3. The van der Waals surface area contributed by atoms with Crippen LogP contribution in [0.1, 0.15) is 0 Å². The van der Waals surface area contributed by atoms with Crippen LogP contribution in [0, 0.1) is 0 Å². The Morgan fingerprint density at radius 3 is 2.04 bits per heavy atom. The number of rotatable bonds is 2. The first-order valence-corrected chi connectivity index (χ1v) is 15.9. The quantitative estimate of drug-likeness (QED) is 0.185. The van der Waals surface area contributed by atoms with Crippen LogP contribution in [0.15, 0.2) is 150 Å². The van der Waals surface area contributed by atoms with E-state index in [0.29, 0.717) is 0 Å². The zero-order valence-corrected chi connectivity index (χ0v) is 25.1. The van der Waals surface area contributed by atoms with Crippen molar-refractivity contribution in [2.75, 3.05) is 0 Å². The molecule has 4 heterocycles. The van der Waals surface area contributed by atoms with Crippen LogP contribution in [-0.4, -0.2) is 11.5 Å². The third-order valence-electron chi connectivity index (χ3n) is 9.87. The van der Waals surface area contributed by atoms with Crippen molar-refractivity contribution in [2.24, 2.45) is 0 Å². The van der Waals surface area contributed by atoms with Crippen molar-refractivity contribution in [1.29, 1.82) is 0 Å². The fraction of sp³-hybridized carbons (Fsp3) is 0. The van der Waals surface area contributed by atoms with E-state index in [9.17, 15) is 0 Å². The number of benzene rings is 7. The maximum absolute atomic E-state index is 6.85. The minimum Gasteiger partial charge on any atom is -0.551 e. The second-order valence-electron chi connectivity index (χ2n) is 12.4. The molecule has 0 spiro atoms. The molecule has 0 bridgehead atoms. The number of nitrogens with zero attached hydrogens (tertiary/aromatic N) is 1. The van der Waals surface area contributed by atoms with Crippen LogP contribution in [-0.2, 0) is 0 Å². The van der Waals surface area contributed by atoms with Gasteiger partial charge in [-0.15, -0.1) is 0 Å². The molecule has 0 amide bonds. The van der Waals surface area contributed by atoms with E-state index in [-0.39, 0.29) is 6.92 Å². The van der Waals surface area contributed by atoms with Gasteiger partial charge in [0.05, 0.1) is 11.0 Å². The smallest absolute Gasteiger partial charge is 0.434 e. The largest absolute Gasteiger partial charge is 0.551 e. The number of aromatic nitrogens is 1. The van der Waals surface area contributed by atoms with Gasteiger partial charge in [-0.3, -0.25) is 0 Å². The molecule has 4 nitrogen and oxygen atoms in total. The van der Waals surface area contributed by atoms with Gasteiger partial charge in [0.25, 0.3) is 0 Å². The first-order chi connectivity index (χ1) is 23.3. The molecule has 0 saturated carbocycles. The molecule has 0 fully saturated rings. The molecule has 47 heavy (non-hydrogen) atoms. The van der Waals surface area contributed by atoms with Gasteiger partial charge in [0.1, 0.15) is 28.4 Å². The molecule has 218 valence electrons. The normalized spacial score (nSPS) is 13.0. The number of hydrogen-bond donors (Lipinski definition) is 0. The summed E-state index contributed by atoms with van der Waals surface area (Å²) in [6, 6.07) is 51.1. The van der Waals surface area contributed by atoms with Crippen molar-refractivity contribution >= 4 is 61.6 Å². The lowest BCUT2D eigenvalue weighted by molar-refractivity contribution is 0.479. The molecule has 7 aromatic carbocycles. The molecule has 2 aliphatic rings. The zero-order valence-electron chi connectivity index (χ0n) is 25.1. The van der Waals surface area contributed by atoms with Crippen LogP contribution >= 0.6 is 0 Å². The molecule has 11 rings (SSSR count). The molecule has 0 atom stereocenters. The molecule has 2 aliphatic heterocycles. The predicted molar refractivity (Wildman–Crippen MR) is 191 cm³/mol. The van der Waals surface area contributed by atoms with Gasteiger partial charge in [0.2, 0.25) is 0 Å². The van der Waals surface area contributed by atoms with Crippen molar-refractivity contribution in [3.63, 3.8) is 0 Å². The third-order valence-corrected chi connectivity index (χ3v) is 9.87. The zero-order chi connectivity index (χ0) is 30.6. The van der Waals surface area contributed by atoms with Crippen molar-refractivity contribution in [2.45, 2.75) is 0 Å². The van der Waals surface area contributed by atoms with Crippen LogP contribution in [0.25, 0.3) is 71.7 Å². The van der Waals surface area contributed by atoms with E-state index in [2.05, 4.69) is 132 Å². The average Bonchev–Trinajstić information content (AvgIpc) is 3.67. The summed E-state index contributed by atoms with van der Waals surface area (Å²) < 4.78 is 22.2. The van der Waals surface area contributed by atoms with Gasteiger partial charge in [0, 0.05) is 43.7 Å². The molecule has 0 aliphatic carbocycles. The molecule has 5 heteroatoms. The summed E-state index contributed by atoms with van der Waals surface area (Å²) >= 11 is 0. The number of para-hydroxylation sites is 4. The second kappa shape index (κ2) is 9.18. The fourth-order valence-electron chi connectivity index (χ4n) is 7.77. The lowest BCUT2D eigenvalue weighted by Crippen LogP contribution is -2.53. The standard InChI is InChI=1S/C42H24BNO3/c1-5-13-35-28(9-1)29-10-2-6-14-36(29)44(35)27-18-20-39-34(24-27)43-42-33(31-12-4-8-16-38(31)47-43)21-26(23-41(42)46-39)25-17-19-32-30-11-3-7-15-37(30)45-40(32)22-25/h1-24H. The topological polar surface area (TPSA) is 36.5 Å². The van der Waals surface area contributed by atoms with E-state index < -0.39 is 0 Å². The molecule has 2 aromatic heterocycles. The maximum atomic E-state index is 6.85. The minimum absolute atomic E-state index is 0.307. The predicted octanol–water partition coefficient (Wildman–Crippen LogP) is 9.62. The van der Waals surface area contributed by atoms with Gasteiger partial charge >= 0.3 is 6.92 Å². The Balaban J connectivity index is 1.10. The van der Waals surface area contributed by atoms with E-state index in [1.807, 2.05) is 18.2 Å². The summed E-state index contributed by atoms with van der Waals surface area (Å²) in [6.07, 6.45) is 0. The summed E-state index contributed by atoms with van der Waals surface area (Å²) in [7, 11) is 0. The van der Waals surface area contributed by atoms with Gasteiger partial charge in [-0.1, -0.05) is 78.9 Å². The van der Waals surface area contributed by atoms with Crippen molar-refractivity contribution in [1.82, 2.24) is 4.57 Å². The molecule has 0 radical (unpaired) electrons. The lowest BCUT2D eigenvalue weighted by Gasteiger charge is -2.33. The Kier molecular flexibility index (Phi) is 4.89. The van der Waals surface area contributed by atoms with Crippen LogP contribution in [0.2, 0.25) is 0 Å². The number of ether oxygens (including phenoxy) is 1. The van der Waals surface area contributed by atoms with E-state index in [0.717, 1.165) is 78.1 Å². The van der Waals surface area contributed by atoms with Gasteiger partial charge in [0.15, 0.2) is 0 Å². The van der Waals surface area contributed by atoms with E-state index >= 15 is 0 Å². The Morgan fingerprint density at radius 1 is 0.468 bits per heavy atom. The minimum atomic E-state index is -0.307. The first kappa shape index (κ1) is 25.0. The molecule has 9 aromatic rings. The van der Waals surface area contributed by atoms with E-state index in [4.69, 9.17) is 13.8 Å². The van der Waals surface area contributed by atoms with Gasteiger partial charge in [-0.2, -0.15) is 0 Å². The maximum Gasteiger partial charge on any atom is 0.434 e. The van der Waals surface area contributed by atoms with E-state index in [1.54, 1.807) is 0 Å². The highest BCUT2D eigenvalue weighted by Crippen LogP contribution is 2.43. The van der Waals surface area contributed by atoms with Gasteiger partial charge in [-0.25, -0.2) is 0 Å². The average molecular weight is 601 g/mol. The van der Waals surface area contributed by atoms with Crippen LogP contribution in [0.5, 0.6) is 17.2 Å². The van der Waals surface area contributed by atoms with Gasteiger partial charge in [-0.05, 0) is 83.4 Å². The summed E-state index contributed by atoms with van der Waals surface area (Å²) in [6.45, 7) is -0.307. The summed E-state index contributed by atoms with van der Waals surface area (Å²) in [5, 5.41) is 4.72. The molecule has 0 unspecified atom stereocenters. The van der Waals surface area contributed by atoms with Crippen LogP contribution < -0.4 is 20.3 Å². The Labute approximate surface area is 270 Å². The fourth-order valence-corrected chi connectivity index (χ4v) is 7.77. The Bertz CT molecular complexity index is 2720. The molecule has 0 N–H and O–H groups in total. The number of fused-ring (bicyclic) bond motifs is 10. The Hall–Kier alpha value is -6.20. The van der Waals surface area contributed by atoms with Crippen molar-refractivity contribution < 1.29 is 13.8 Å². The number of furan rings is 1. The van der Waals surface area contributed by atoms with Crippen molar-refractivity contribution in [3.8, 4) is 45.2 Å². The Morgan fingerprint density at radius 2 is 1.19 bits per heavy atom.